The minimum atomic E-state index is -2.56. The van der Waals surface area contributed by atoms with Gasteiger partial charge in [0.15, 0.2) is 33.3 Å². The van der Waals surface area contributed by atoms with Crippen molar-refractivity contribution in [3.8, 4) is 11.5 Å². The van der Waals surface area contributed by atoms with E-state index < -0.39 is 50.4 Å². The van der Waals surface area contributed by atoms with Gasteiger partial charge in [0.25, 0.3) is 0 Å². The van der Waals surface area contributed by atoms with Gasteiger partial charge in [-0.3, -0.25) is 0 Å². The predicted molar refractivity (Wildman–Crippen MR) is 216 cm³/mol. The topological polar surface area (TPSA) is 77.4 Å². The molecule has 6 nitrogen and oxygen atoms in total. The summed E-state index contributed by atoms with van der Waals surface area (Å²) in [6.07, 6.45) is 1.37. The summed E-state index contributed by atoms with van der Waals surface area (Å²) in [5, 5.41) is 22.1. The molecule has 0 bridgehead atoms. The Bertz CT molecular complexity index is 1220. The monoisotopic (exact) mass is 752 g/mol. The first-order chi connectivity index (χ1) is 20.9. The third kappa shape index (κ3) is 12.8. The minimum absolute atomic E-state index is 0.155. The molecule has 0 saturated carbocycles. The minimum Gasteiger partial charge on any atom is -0.508 e. The van der Waals surface area contributed by atoms with Crippen LogP contribution in [-0.2, 0) is 34.7 Å². The fraction of sp³-hybridized carbons (Fsp3) is 0.657. The van der Waals surface area contributed by atoms with E-state index in [4.69, 9.17) is 16.5 Å². The number of benzene rings is 2. The van der Waals surface area contributed by atoms with E-state index in [-0.39, 0.29) is 16.5 Å². The Balaban J connectivity index is 2.48. The second-order valence-corrected chi connectivity index (χ2v) is 44.6. The molecule has 2 unspecified atom stereocenters. The van der Waals surface area contributed by atoms with Crippen molar-refractivity contribution in [2.75, 3.05) is 0 Å². The molecule has 0 saturated heterocycles. The number of phenolic OH excluding ortho intramolecular Hbond substituents is 2. The molecule has 0 aliphatic rings. The van der Waals surface area contributed by atoms with E-state index in [1.165, 1.54) is 0 Å². The first-order valence-electron chi connectivity index (χ1n) is 17.3. The van der Waals surface area contributed by atoms with Gasteiger partial charge in [-0.2, -0.15) is 0 Å². The van der Waals surface area contributed by atoms with Crippen LogP contribution in [0, 0.1) is 0 Å². The number of hydrogen-bond donors (Lipinski definition) is 2. The van der Waals surface area contributed by atoms with Gasteiger partial charge in [0.2, 0.25) is 0 Å². The van der Waals surface area contributed by atoms with Crippen LogP contribution in [0.15, 0.2) is 36.4 Å². The average molecular weight is 753 g/mol. The predicted octanol–water partition coefficient (Wildman–Crippen LogP) is 10.8. The lowest BCUT2D eigenvalue weighted by atomic mass is 9.76. The van der Waals surface area contributed by atoms with Gasteiger partial charge >= 0.3 is 17.1 Å². The van der Waals surface area contributed by atoms with Crippen LogP contribution in [-0.4, -0.2) is 60.6 Å². The van der Waals surface area contributed by atoms with Gasteiger partial charge in [-0.15, -0.1) is 0 Å². The molecule has 0 aliphatic carbocycles. The lowest BCUT2D eigenvalue weighted by Crippen LogP contribution is -2.55. The van der Waals surface area contributed by atoms with Gasteiger partial charge in [0.1, 0.15) is 11.5 Å². The summed E-state index contributed by atoms with van der Waals surface area (Å²) in [6.45, 7) is 40.1. The zero-order valence-corrected chi connectivity index (χ0v) is 39.1. The van der Waals surface area contributed by atoms with E-state index in [0.29, 0.717) is 24.3 Å². The third-order valence-electron chi connectivity index (χ3n) is 8.48. The molecule has 2 atom stereocenters. The molecule has 0 radical (unpaired) electrons. The molecule has 0 heterocycles. The Labute approximate surface area is 294 Å². The van der Waals surface area contributed by atoms with E-state index in [9.17, 15) is 10.2 Å². The molecule has 12 heteroatoms. The second-order valence-electron chi connectivity index (χ2n) is 18.4. The van der Waals surface area contributed by atoms with E-state index in [1.807, 2.05) is 24.3 Å². The first kappa shape index (κ1) is 42.3. The number of hydrogen-bond acceptors (Lipinski definition) is 6. The highest BCUT2D eigenvalue weighted by Crippen LogP contribution is 2.41. The summed E-state index contributed by atoms with van der Waals surface area (Å²) in [5.41, 5.74) is 4.01. The number of phenols is 2. The lowest BCUT2D eigenvalue weighted by Gasteiger charge is -2.42. The van der Waals surface area contributed by atoms with Crippen molar-refractivity contribution in [3.63, 3.8) is 0 Å². The Kier molecular flexibility index (Phi) is 13.3. The Morgan fingerprint density at radius 1 is 0.511 bits per heavy atom. The largest absolute Gasteiger partial charge is 0.508 e. The zero-order valence-electron chi connectivity index (χ0n) is 33.1. The number of rotatable bonds is 16. The Hall–Kier alpha value is -0.819. The van der Waals surface area contributed by atoms with Gasteiger partial charge in [0.05, 0.1) is 0 Å². The summed E-state index contributed by atoms with van der Waals surface area (Å²) < 4.78 is 27.4. The van der Waals surface area contributed by atoms with Crippen LogP contribution in [0.25, 0.3) is 0 Å². The van der Waals surface area contributed by atoms with Crippen molar-refractivity contribution in [1.82, 2.24) is 0 Å². The molecule has 2 aromatic carbocycles. The van der Waals surface area contributed by atoms with Crippen LogP contribution in [0.3, 0.4) is 0 Å². The molecular formula is C35H68O6Si6. The number of aromatic hydroxyl groups is 2. The van der Waals surface area contributed by atoms with Crippen molar-refractivity contribution >= 4 is 50.4 Å². The molecule has 0 aromatic heterocycles. The molecule has 268 valence electrons. The maximum atomic E-state index is 11.1. The highest BCUT2D eigenvalue weighted by Gasteiger charge is 2.46. The average Bonchev–Trinajstić information content (AvgIpc) is 2.81. The van der Waals surface area contributed by atoms with Gasteiger partial charge < -0.3 is 26.7 Å². The first-order valence-corrected chi connectivity index (χ1v) is 35.7. The van der Waals surface area contributed by atoms with E-state index in [1.54, 1.807) is 0 Å². The van der Waals surface area contributed by atoms with E-state index >= 15 is 0 Å². The quantitative estimate of drug-likeness (QED) is 0.166. The summed E-state index contributed by atoms with van der Waals surface area (Å²) >= 11 is 0. The molecule has 0 aliphatic heterocycles. The second kappa shape index (κ2) is 14.8. The van der Waals surface area contributed by atoms with Gasteiger partial charge in [-0.25, -0.2) is 0 Å². The lowest BCUT2D eigenvalue weighted by molar-refractivity contribution is 0.363. The van der Waals surface area contributed by atoms with E-state index in [0.717, 1.165) is 22.3 Å². The molecule has 0 fully saturated rings. The van der Waals surface area contributed by atoms with Crippen molar-refractivity contribution in [2.45, 2.75) is 149 Å². The fourth-order valence-corrected chi connectivity index (χ4v) is 31.3. The molecule has 2 rings (SSSR count). The van der Waals surface area contributed by atoms with Crippen molar-refractivity contribution in [2.24, 2.45) is 0 Å². The molecular weight excluding hydrogens is 685 g/mol. The Morgan fingerprint density at radius 2 is 0.766 bits per heavy atom. The van der Waals surface area contributed by atoms with Crippen molar-refractivity contribution in [3.05, 3.63) is 58.7 Å². The summed E-state index contributed by atoms with van der Waals surface area (Å²) in [4.78, 5) is 0. The van der Waals surface area contributed by atoms with Crippen molar-refractivity contribution in [1.29, 1.82) is 0 Å². The van der Waals surface area contributed by atoms with Crippen LogP contribution in [0.5, 0.6) is 11.5 Å². The fourth-order valence-electron chi connectivity index (χ4n) is 6.35. The maximum absolute atomic E-state index is 11.1. The molecule has 2 N–H and O–H groups in total. The smallest absolute Gasteiger partial charge is 0.317 e. The van der Waals surface area contributed by atoms with Gasteiger partial charge in [-0.05, 0) is 139 Å². The maximum Gasteiger partial charge on any atom is 0.317 e. The summed E-state index contributed by atoms with van der Waals surface area (Å²) in [6, 6.07) is 12.0. The van der Waals surface area contributed by atoms with Crippen molar-refractivity contribution < 1.29 is 26.7 Å². The standard InChI is InChI=1S/C35H68O6Si6/c1-27(46(17,38-42(5,6)7)39-43(8,9)10)23-29-25-31(19-21-33(29)36)35(3,4)32-20-22-34(37)30(26-32)24-28(2)47(18,40-44(11,12)13)41-45(14,15)16/h19-22,25-28,36-37H,23-24H2,1-18H3. The molecule has 2 aromatic rings. The van der Waals surface area contributed by atoms with Crippen LogP contribution < -0.4 is 0 Å². The SMILES string of the molecule is CC(Cc1cc(C(C)(C)c2ccc(O)c(CC(C)[Si](C)(O[Si](C)(C)C)O[Si](C)(C)C)c2)ccc1O)[Si](C)(O[Si](C)(C)C)O[Si](C)(C)C. The normalized spacial score (nSPS) is 15.5. The van der Waals surface area contributed by atoms with Gasteiger partial charge in [0, 0.05) is 16.5 Å². The highest BCUT2D eigenvalue weighted by atomic mass is 28.5. The Morgan fingerprint density at radius 3 is 1.00 bits per heavy atom. The molecule has 0 spiro atoms. The zero-order chi connectivity index (χ0) is 36.6. The highest BCUT2D eigenvalue weighted by molar-refractivity contribution is 6.89. The van der Waals surface area contributed by atoms with Crippen LogP contribution in [0.1, 0.15) is 49.9 Å². The van der Waals surface area contributed by atoms with Gasteiger partial charge in [-0.1, -0.05) is 52.0 Å². The third-order valence-corrected chi connectivity index (χ3v) is 28.8. The summed E-state index contributed by atoms with van der Waals surface area (Å²) in [7, 11) is -12.6. The summed E-state index contributed by atoms with van der Waals surface area (Å²) in [5.74, 6) is 0.617. The van der Waals surface area contributed by atoms with Crippen LogP contribution in [0.4, 0.5) is 0 Å². The van der Waals surface area contributed by atoms with E-state index in [2.05, 4.69) is 131 Å². The molecule has 47 heavy (non-hydrogen) atoms. The van der Waals surface area contributed by atoms with Crippen LogP contribution >= 0.6 is 0 Å². The van der Waals surface area contributed by atoms with Crippen LogP contribution in [0.2, 0.25) is 103 Å². The molecule has 0 amide bonds.